The number of halogens is 2. The van der Waals surface area contributed by atoms with Crippen LogP contribution >= 0.6 is 23.2 Å². The summed E-state index contributed by atoms with van der Waals surface area (Å²) in [5.41, 5.74) is 4.04. The first-order valence-electron chi connectivity index (χ1n) is 8.66. The van der Waals surface area contributed by atoms with Crippen LogP contribution in [0.5, 0.6) is 5.75 Å². The smallest absolute Gasteiger partial charge is 0.335 e. The number of aromatic carboxylic acids is 1. The lowest BCUT2D eigenvalue weighted by atomic mass is 10.1. The summed E-state index contributed by atoms with van der Waals surface area (Å²) in [7, 11) is 0. The van der Waals surface area contributed by atoms with Crippen molar-refractivity contribution in [1.29, 1.82) is 0 Å². The summed E-state index contributed by atoms with van der Waals surface area (Å²) in [6.07, 6.45) is 0. The average molecular weight is 416 g/mol. The molecule has 0 amide bonds. The quantitative estimate of drug-likeness (QED) is 0.482. The second-order valence-electron chi connectivity index (χ2n) is 6.37. The highest BCUT2D eigenvalue weighted by molar-refractivity contribution is 6.42. The Morgan fingerprint density at radius 1 is 1.00 bits per heavy atom. The van der Waals surface area contributed by atoms with Crippen LogP contribution in [0.25, 0.3) is 0 Å². The standard InChI is InChI=1S/C22H19Cl2NO3/c1-14-9-17(22(26)27)6-8-21(14)25-12-15-3-2-4-18(10-15)28-13-16-5-7-19(23)20(24)11-16/h2-11,25H,12-13H2,1H3,(H,26,27). The molecule has 0 saturated carbocycles. The van der Waals surface area contributed by atoms with Crippen molar-refractivity contribution in [1.82, 2.24) is 0 Å². The molecule has 0 aromatic heterocycles. The van der Waals surface area contributed by atoms with E-state index in [2.05, 4.69) is 5.32 Å². The first-order chi connectivity index (χ1) is 13.4. The van der Waals surface area contributed by atoms with Crippen molar-refractivity contribution in [2.45, 2.75) is 20.1 Å². The van der Waals surface area contributed by atoms with Gasteiger partial charge < -0.3 is 15.2 Å². The molecule has 4 nitrogen and oxygen atoms in total. The first-order valence-corrected chi connectivity index (χ1v) is 9.41. The van der Waals surface area contributed by atoms with Gasteiger partial charge in [0.1, 0.15) is 12.4 Å². The number of aryl methyl sites for hydroxylation is 1. The number of nitrogens with one attached hydrogen (secondary N) is 1. The zero-order valence-corrected chi connectivity index (χ0v) is 16.7. The summed E-state index contributed by atoms with van der Waals surface area (Å²) >= 11 is 12.0. The Balaban J connectivity index is 1.61. The Labute approximate surface area is 173 Å². The third kappa shape index (κ3) is 5.18. The number of hydrogen-bond donors (Lipinski definition) is 2. The lowest BCUT2D eigenvalue weighted by molar-refractivity contribution is 0.0697. The van der Waals surface area contributed by atoms with E-state index in [1.54, 1.807) is 30.3 Å². The van der Waals surface area contributed by atoms with E-state index in [-0.39, 0.29) is 5.56 Å². The monoisotopic (exact) mass is 415 g/mol. The summed E-state index contributed by atoms with van der Waals surface area (Å²) in [4.78, 5) is 11.0. The summed E-state index contributed by atoms with van der Waals surface area (Å²) in [6.45, 7) is 2.87. The number of carboxylic acid groups (broad SMARTS) is 1. The zero-order chi connectivity index (χ0) is 20.1. The second-order valence-corrected chi connectivity index (χ2v) is 7.19. The van der Waals surface area contributed by atoms with E-state index in [1.165, 1.54) is 0 Å². The van der Waals surface area contributed by atoms with E-state index in [9.17, 15) is 4.79 Å². The van der Waals surface area contributed by atoms with Crippen molar-refractivity contribution >= 4 is 34.9 Å². The number of ether oxygens (including phenoxy) is 1. The van der Waals surface area contributed by atoms with Crippen LogP contribution in [0.1, 0.15) is 27.0 Å². The van der Waals surface area contributed by atoms with Gasteiger partial charge in [-0.15, -0.1) is 0 Å². The maximum Gasteiger partial charge on any atom is 0.335 e. The van der Waals surface area contributed by atoms with Gasteiger partial charge in [0, 0.05) is 12.2 Å². The minimum atomic E-state index is -0.929. The molecule has 0 atom stereocenters. The van der Waals surface area contributed by atoms with Crippen LogP contribution in [-0.2, 0) is 13.2 Å². The van der Waals surface area contributed by atoms with E-state index in [4.69, 9.17) is 33.0 Å². The van der Waals surface area contributed by atoms with Gasteiger partial charge in [0.25, 0.3) is 0 Å². The second kappa shape index (κ2) is 9.00. The van der Waals surface area contributed by atoms with Crippen molar-refractivity contribution in [2.24, 2.45) is 0 Å². The van der Waals surface area contributed by atoms with Crippen molar-refractivity contribution in [2.75, 3.05) is 5.32 Å². The normalized spacial score (nSPS) is 10.5. The molecule has 28 heavy (non-hydrogen) atoms. The minimum absolute atomic E-state index is 0.278. The van der Waals surface area contributed by atoms with Crippen LogP contribution in [-0.4, -0.2) is 11.1 Å². The molecule has 6 heteroatoms. The van der Waals surface area contributed by atoms with Crippen molar-refractivity contribution in [3.63, 3.8) is 0 Å². The Kier molecular flexibility index (Phi) is 6.45. The first kappa shape index (κ1) is 20.1. The molecule has 0 saturated heterocycles. The molecule has 144 valence electrons. The Bertz CT molecular complexity index is 1000. The average Bonchev–Trinajstić information content (AvgIpc) is 2.68. The number of anilines is 1. The highest BCUT2D eigenvalue weighted by atomic mass is 35.5. The molecule has 3 rings (SSSR count). The fourth-order valence-electron chi connectivity index (χ4n) is 2.73. The predicted octanol–water partition coefficient (Wildman–Crippen LogP) is 6.19. The fraction of sp³-hybridized carbons (Fsp3) is 0.136. The van der Waals surface area contributed by atoms with Crippen LogP contribution < -0.4 is 10.1 Å². The van der Waals surface area contributed by atoms with Gasteiger partial charge >= 0.3 is 5.97 Å². The summed E-state index contributed by atoms with van der Waals surface area (Å²) in [6, 6.07) is 18.2. The molecule has 0 fully saturated rings. The van der Waals surface area contributed by atoms with Crippen molar-refractivity contribution in [3.05, 3.63) is 93.0 Å². The van der Waals surface area contributed by atoms with E-state index in [1.807, 2.05) is 37.3 Å². The zero-order valence-electron chi connectivity index (χ0n) is 15.2. The number of benzene rings is 3. The predicted molar refractivity (Wildman–Crippen MR) is 113 cm³/mol. The van der Waals surface area contributed by atoms with Gasteiger partial charge in [-0.1, -0.05) is 41.4 Å². The van der Waals surface area contributed by atoms with Crippen molar-refractivity contribution in [3.8, 4) is 5.75 Å². The number of hydrogen-bond acceptors (Lipinski definition) is 3. The van der Waals surface area contributed by atoms with Gasteiger partial charge in [0.15, 0.2) is 0 Å². The molecule has 0 aliphatic carbocycles. The molecule has 0 aliphatic heterocycles. The molecule has 3 aromatic carbocycles. The van der Waals surface area contributed by atoms with Crippen LogP contribution in [0.2, 0.25) is 10.0 Å². The van der Waals surface area contributed by atoms with Crippen molar-refractivity contribution < 1.29 is 14.6 Å². The van der Waals surface area contributed by atoms with Crippen LogP contribution in [0.4, 0.5) is 5.69 Å². The minimum Gasteiger partial charge on any atom is -0.489 e. The molecule has 0 spiro atoms. The van der Waals surface area contributed by atoms with E-state index in [0.29, 0.717) is 23.2 Å². The molecular formula is C22H19Cl2NO3. The van der Waals surface area contributed by atoms with Crippen LogP contribution in [0, 0.1) is 6.92 Å². The molecule has 0 bridgehead atoms. The molecule has 0 aliphatic rings. The fourth-order valence-corrected chi connectivity index (χ4v) is 3.05. The van der Waals surface area contributed by atoms with Gasteiger partial charge in [-0.25, -0.2) is 4.79 Å². The summed E-state index contributed by atoms with van der Waals surface area (Å²) < 4.78 is 5.85. The van der Waals surface area contributed by atoms with E-state index in [0.717, 1.165) is 28.1 Å². The highest BCUT2D eigenvalue weighted by Crippen LogP contribution is 2.24. The van der Waals surface area contributed by atoms with Gasteiger partial charge in [0.2, 0.25) is 0 Å². The topological polar surface area (TPSA) is 58.6 Å². The van der Waals surface area contributed by atoms with Gasteiger partial charge in [0.05, 0.1) is 15.6 Å². The third-order valence-electron chi connectivity index (χ3n) is 4.24. The van der Waals surface area contributed by atoms with Gasteiger partial charge in [-0.05, 0) is 66.1 Å². The van der Waals surface area contributed by atoms with Crippen LogP contribution in [0.15, 0.2) is 60.7 Å². The highest BCUT2D eigenvalue weighted by Gasteiger charge is 2.06. The Morgan fingerprint density at radius 3 is 2.54 bits per heavy atom. The number of carbonyl (C=O) groups is 1. The largest absolute Gasteiger partial charge is 0.489 e. The molecule has 0 unspecified atom stereocenters. The number of rotatable bonds is 7. The van der Waals surface area contributed by atoms with Crippen LogP contribution in [0.3, 0.4) is 0 Å². The molecule has 3 aromatic rings. The van der Waals surface area contributed by atoms with Gasteiger partial charge in [-0.3, -0.25) is 0 Å². The van der Waals surface area contributed by atoms with E-state index >= 15 is 0 Å². The van der Waals surface area contributed by atoms with Gasteiger partial charge in [-0.2, -0.15) is 0 Å². The maximum atomic E-state index is 11.0. The SMILES string of the molecule is Cc1cc(C(=O)O)ccc1NCc1cccc(OCc2ccc(Cl)c(Cl)c2)c1. The third-order valence-corrected chi connectivity index (χ3v) is 4.98. The number of carboxylic acids is 1. The Morgan fingerprint density at radius 2 is 1.82 bits per heavy atom. The summed E-state index contributed by atoms with van der Waals surface area (Å²) in [5, 5.41) is 13.4. The lowest BCUT2D eigenvalue weighted by Crippen LogP contribution is -2.03. The maximum absolute atomic E-state index is 11.0. The summed E-state index contributed by atoms with van der Waals surface area (Å²) in [5.74, 6) is -0.176. The lowest BCUT2D eigenvalue weighted by Gasteiger charge is -2.12. The molecule has 2 N–H and O–H groups in total. The van der Waals surface area contributed by atoms with E-state index < -0.39 is 5.97 Å². The molecule has 0 heterocycles. The molecular weight excluding hydrogens is 397 g/mol. The molecule has 0 radical (unpaired) electrons. The Hall–Kier alpha value is -2.69.